The molecule has 0 radical (unpaired) electrons. The Morgan fingerprint density at radius 3 is 2.70 bits per heavy atom. The molecule has 1 aromatic heterocycles. The molecule has 1 fully saturated rings. The van der Waals surface area contributed by atoms with E-state index in [2.05, 4.69) is 18.8 Å². The molecule has 20 heavy (non-hydrogen) atoms. The molecule has 0 aliphatic heterocycles. The summed E-state index contributed by atoms with van der Waals surface area (Å²) in [5, 5.41) is 0. The first-order valence-corrected chi connectivity index (χ1v) is 7.09. The largest absolute Gasteiger partial charge is 0.369 e. The van der Waals surface area contributed by atoms with Crippen LogP contribution in [0.25, 0.3) is 11.0 Å². The van der Waals surface area contributed by atoms with Crippen molar-refractivity contribution in [3.8, 4) is 0 Å². The molecular formula is C15H19F2N3. The van der Waals surface area contributed by atoms with Gasteiger partial charge >= 0.3 is 0 Å². The molecule has 2 N–H and O–H groups in total. The number of halogens is 2. The lowest BCUT2D eigenvalue weighted by Gasteiger charge is -2.34. The Balaban J connectivity index is 2.13. The molecular weight excluding hydrogens is 260 g/mol. The average Bonchev–Trinajstić information content (AvgIpc) is 2.67. The van der Waals surface area contributed by atoms with Crippen molar-refractivity contribution in [2.45, 2.75) is 39.2 Å². The van der Waals surface area contributed by atoms with Crippen LogP contribution in [0.5, 0.6) is 0 Å². The quantitative estimate of drug-likeness (QED) is 0.860. The molecule has 3 atom stereocenters. The van der Waals surface area contributed by atoms with Crippen molar-refractivity contribution in [2.24, 2.45) is 11.8 Å². The standard InChI is InChI=1S/C15H19F2N3/c1-8-3-4-12(9(2)5-8)20-13-7-10(16)6-11(17)14(13)19-15(20)18/h6-9,12H,3-5H2,1-2H3,(H2,18,19). The minimum absolute atomic E-state index is 0.162. The summed E-state index contributed by atoms with van der Waals surface area (Å²) in [4.78, 5) is 4.08. The van der Waals surface area contributed by atoms with Gasteiger partial charge in [0.15, 0.2) is 5.82 Å². The summed E-state index contributed by atoms with van der Waals surface area (Å²) in [6.45, 7) is 4.41. The summed E-state index contributed by atoms with van der Waals surface area (Å²) >= 11 is 0. The van der Waals surface area contributed by atoms with Gasteiger partial charge in [0, 0.05) is 18.2 Å². The van der Waals surface area contributed by atoms with Crippen LogP contribution in [0.2, 0.25) is 0 Å². The van der Waals surface area contributed by atoms with Crippen LogP contribution in [0.15, 0.2) is 12.1 Å². The fourth-order valence-corrected chi connectivity index (χ4v) is 3.52. The molecule has 2 aromatic rings. The van der Waals surface area contributed by atoms with E-state index in [9.17, 15) is 8.78 Å². The number of rotatable bonds is 1. The van der Waals surface area contributed by atoms with Crippen LogP contribution >= 0.6 is 0 Å². The molecule has 1 aliphatic rings. The number of imidazole rings is 1. The first-order valence-electron chi connectivity index (χ1n) is 7.09. The molecule has 0 amide bonds. The Bertz CT molecular complexity index is 650. The normalized spacial score (nSPS) is 27.1. The van der Waals surface area contributed by atoms with Crippen molar-refractivity contribution in [3.05, 3.63) is 23.8 Å². The highest BCUT2D eigenvalue weighted by Crippen LogP contribution is 2.40. The van der Waals surface area contributed by atoms with Gasteiger partial charge in [-0.3, -0.25) is 0 Å². The fourth-order valence-electron chi connectivity index (χ4n) is 3.52. The number of anilines is 1. The Hall–Kier alpha value is -1.65. The van der Waals surface area contributed by atoms with Crippen molar-refractivity contribution >= 4 is 17.0 Å². The molecule has 0 spiro atoms. The van der Waals surface area contributed by atoms with Gasteiger partial charge in [-0.25, -0.2) is 13.8 Å². The Morgan fingerprint density at radius 1 is 1.25 bits per heavy atom. The second-order valence-corrected chi connectivity index (χ2v) is 6.06. The van der Waals surface area contributed by atoms with Crippen LogP contribution in [-0.2, 0) is 0 Å². The van der Waals surface area contributed by atoms with Crippen LogP contribution in [0.3, 0.4) is 0 Å². The van der Waals surface area contributed by atoms with Crippen molar-refractivity contribution in [1.82, 2.24) is 9.55 Å². The Labute approximate surface area is 116 Å². The topological polar surface area (TPSA) is 43.8 Å². The molecule has 108 valence electrons. The molecule has 3 rings (SSSR count). The fraction of sp³-hybridized carbons (Fsp3) is 0.533. The minimum atomic E-state index is -0.651. The van der Waals surface area contributed by atoms with Gasteiger partial charge in [-0.1, -0.05) is 13.8 Å². The lowest BCUT2D eigenvalue weighted by molar-refractivity contribution is 0.213. The number of hydrogen-bond donors (Lipinski definition) is 1. The lowest BCUT2D eigenvalue weighted by atomic mass is 9.79. The maximum Gasteiger partial charge on any atom is 0.201 e. The summed E-state index contributed by atoms with van der Waals surface area (Å²) in [5.74, 6) is 0.140. The Morgan fingerprint density at radius 2 is 2.00 bits per heavy atom. The van der Waals surface area contributed by atoms with E-state index in [0.717, 1.165) is 25.3 Å². The zero-order valence-electron chi connectivity index (χ0n) is 11.7. The Kier molecular flexibility index (Phi) is 3.15. The van der Waals surface area contributed by atoms with Gasteiger partial charge in [0.2, 0.25) is 5.95 Å². The first-order chi connectivity index (χ1) is 9.47. The molecule has 5 heteroatoms. The number of benzene rings is 1. The second kappa shape index (κ2) is 4.72. The smallest absolute Gasteiger partial charge is 0.201 e. The zero-order valence-corrected chi connectivity index (χ0v) is 11.7. The molecule has 1 aromatic carbocycles. The van der Waals surface area contributed by atoms with Crippen LogP contribution in [0.4, 0.5) is 14.7 Å². The van der Waals surface area contributed by atoms with Gasteiger partial charge in [-0.15, -0.1) is 0 Å². The highest BCUT2D eigenvalue weighted by molar-refractivity contribution is 5.79. The van der Waals surface area contributed by atoms with E-state index in [1.165, 1.54) is 6.07 Å². The van der Waals surface area contributed by atoms with Crippen LogP contribution in [-0.4, -0.2) is 9.55 Å². The molecule has 3 unspecified atom stereocenters. The average molecular weight is 279 g/mol. The number of fused-ring (bicyclic) bond motifs is 1. The highest BCUT2D eigenvalue weighted by atomic mass is 19.1. The van der Waals surface area contributed by atoms with Gasteiger partial charge in [0.25, 0.3) is 0 Å². The van der Waals surface area contributed by atoms with Crippen molar-refractivity contribution in [1.29, 1.82) is 0 Å². The summed E-state index contributed by atoms with van der Waals surface area (Å²) in [7, 11) is 0. The summed E-state index contributed by atoms with van der Waals surface area (Å²) in [6, 6.07) is 2.34. The van der Waals surface area contributed by atoms with Crippen LogP contribution in [0.1, 0.15) is 39.2 Å². The van der Waals surface area contributed by atoms with Crippen molar-refractivity contribution in [2.75, 3.05) is 5.73 Å². The summed E-state index contributed by atoms with van der Waals surface area (Å²) in [5.41, 5.74) is 6.59. The maximum absolute atomic E-state index is 13.8. The van der Waals surface area contributed by atoms with E-state index in [0.29, 0.717) is 17.4 Å². The maximum atomic E-state index is 13.8. The van der Waals surface area contributed by atoms with E-state index in [-0.39, 0.29) is 17.5 Å². The molecule has 1 aliphatic carbocycles. The summed E-state index contributed by atoms with van der Waals surface area (Å²) < 4.78 is 29.1. The van der Waals surface area contributed by atoms with E-state index in [1.807, 2.05) is 4.57 Å². The van der Waals surface area contributed by atoms with Gasteiger partial charge in [0.05, 0.1) is 5.52 Å². The van der Waals surface area contributed by atoms with Gasteiger partial charge in [0.1, 0.15) is 11.3 Å². The molecule has 0 bridgehead atoms. The van der Waals surface area contributed by atoms with Gasteiger partial charge in [-0.05, 0) is 31.1 Å². The molecule has 3 nitrogen and oxygen atoms in total. The summed E-state index contributed by atoms with van der Waals surface area (Å²) in [6.07, 6.45) is 3.17. The number of nitrogen functional groups attached to an aromatic ring is 1. The van der Waals surface area contributed by atoms with Crippen LogP contribution < -0.4 is 5.73 Å². The predicted octanol–water partition coefficient (Wildman–Crippen LogP) is 3.89. The van der Waals surface area contributed by atoms with E-state index in [4.69, 9.17) is 5.73 Å². The SMILES string of the molecule is CC1CCC(n2c(N)nc3c(F)cc(F)cc32)C(C)C1. The lowest BCUT2D eigenvalue weighted by Crippen LogP contribution is -2.25. The van der Waals surface area contributed by atoms with Gasteiger partial charge in [-0.2, -0.15) is 0 Å². The third kappa shape index (κ3) is 2.05. The first kappa shape index (κ1) is 13.3. The van der Waals surface area contributed by atoms with Crippen molar-refractivity contribution in [3.63, 3.8) is 0 Å². The minimum Gasteiger partial charge on any atom is -0.369 e. The van der Waals surface area contributed by atoms with E-state index < -0.39 is 11.6 Å². The number of nitrogens with two attached hydrogens (primary N) is 1. The van der Waals surface area contributed by atoms with E-state index in [1.54, 1.807) is 0 Å². The van der Waals surface area contributed by atoms with Crippen LogP contribution in [0, 0.1) is 23.5 Å². The third-order valence-electron chi connectivity index (χ3n) is 4.46. The van der Waals surface area contributed by atoms with E-state index >= 15 is 0 Å². The molecule has 0 saturated heterocycles. The number of aromatic nitrogens is 2. The molecule has 1 heterocycles. The third-order valence-corrected chi connectivity index (χ3v) is 4.46. The predicted molar refractivity (Wildman–Crippen MR) is 75.3 cm³/mol. The molecule has 1 saturated carbocycles. The monoisotopic (exact) mass is 279 g/mol. The highest BCUT2D eigenvalue weighted by Gasteiger charge is 2.29. The second-order valence-electron chi connectivity index (χ2n) is 6.06. The zero-order chi connectivity index (χ0) is 14.4. The number of hydrogen-bond acceptors (Lipinski definition) is 2. The van der Waals surface area contributed by atoms with Crippen molar-refractivity contribution < 1.29 is 8.78 Å². The number of nitrogens with zero attached hydrogens (tertiary/aromatic N) is 2. The van der Waals surface area contributed by atoms with Gasteiger partial charge < -0.3 is 10.3 Å².